The zero-order valence-corrected chi connectivity index (χ0v) is 16.1. The Bertz CT molecular complexity index is 712. The van der Waals surface area contributed by atoms with Gasteiger partial charge in [0.2, 0.25) is 5.91 Å². The van der Waals surface area contributed by atoms with Gasteiger partial charge in [0.1, 0.15) is 0 Å². The van der Waals surface area contributed by atoms with Gasteiger partial charge < -0.3 is 10.2 Å². The van der Waals surface area contributed by atoms with Crippen LogP contribution in [0.25, 0.3) is 0 Å². The Morgan fingerprint density at radius 2 is 1.80 bits per heavy atom. The van der Waals surface area contributed by atoms with E-state index in [1.54, 1.807) is 0 Å². The summed E-state index contributed by atoms with van der Waals surface area (Å²) in [5, 5.41) is 2.99. The average Bonchev–Trinajstić information content (AvgIpc) is 2.64. The van der Waals surface area contributed by atoms with E-state index in [2.05, 4.69) is 55.3 Å². The number of carbonyl (C=O) groups excluding carboxylic acids is 1. The maximum Gasteiger partial charge on any atom is 0.225 e. The smallest absolute Gasteiger partial charge is 0.225 e. The first-order chi connectivity index (χ1) is 12.1. The molecule has 1 heterocycles. The largest absolute Gasteiger partial charge is 0.369 e. The van der Waals surface area contributed by atoms with Gasteiger partial charge in [-0.15, -0.1) is 0 Å². The third-order valence-corrected chi connectivity index (χ3v) is 5.48. The highest BCUT2D eigenvalue weighted by Gasteiger charge is 2.17. The number of benzene rings is 2. The van der Waals surface area contributed by atoms with Crippen LogP contribution in [0.5, 0.6) is 0 Å². The van der Waals surface area contributed by atoms with E-state index < -0.39 is 0 Å². The molecule has 2 aromatic carbocycles. The molecule has 1 amide bonds. The summed E-state index contributed by atoms with van der Waals surface area (Å²) in [5.41, 5.74) is 3.26. The van der Waals surface area contributed by atoms with Gasteiger partial charge in [-0.3, -0.25) is 9.69 Å². The summed E-state index contributed by atoms with van der Waals surface area (Å²) in [6.45, 7) is 6.85. The first kappa shape index (κ1) is 18.0. The molecule has 0 atom stereocenters. The first-order valence-corrected chi connectivity index (χ1v) is 9.49. The topological polar surface area (TPSA) is 35.6 Å². The van der Waals surface area contributed by atoms with Gasteiger partial charge in [0.15, 0.2) is 0 Å². The zero-order chi connectivity index (χ0) is 17.6. The van der Waals surface area contributed by atoms with E-state index in [9.17, 15) is 4.79 Å². The molecule has 2 aromatic rings. The molecule has 1 aliphatic rings. The number of halogens is 1. The fraction of sp³-hybridized carbons (Fsp3) is 0.350. The Morgan fingerprint density at radius 1 is 1.08 bits per heavy atom. The molecule has 0 aromatic heterocycles. The summed E-state index contributed by atoms with van der Waals surface area (Å²) >= 11 is 3.48. The normalized spacial score (nSPS) is 15.2. The van der Waals surface area contributed by atoms with E-state index in [1.807, 2.05) is 31.2 Å². The van der Waals surface area contributed by atoms with Crippen LogP contribution in [0.2, 0.25) is 0 Å². The van der Waals surface area contributed by atoms with Gasteiger partial charge >= 0.3 is 0 Å². The van der Waals surface area contributed by atoms with Crippen molar-refractivity contribution in [3.63, 3.8) is 0 Å². The lowest BCUT2D eigenvalue weighted by molar-refractivity contribution is -0.116. The second kappa shape index (κ2) is 8.50. The molecule has 1 N–H and O–H groups in total. The Hall–Kier alpha value is -1.85. The van der Waals surface area contributed by atoms with Gasteiger partial charge in [-0.25, -0.2) is 0 Å². The lowest BCUT2D eigenvalue weighted by atomic mass is 10.2. The highest BCUT2D eigenvalue weighted by Crippen LogP contribution is 2.20. The molecule has 0 saturated carbocycles. The fourth-order valence-corrected chi connectivity index (χ4v) is 3.32. The van der Waals surface area contributed by atoms with E-state index in [4.69, 9.17) is 0 Å². The quantitative estimate of drug-likeness (QED) is 0.824. The summed E-state index contributed by atoms with van der Waals surface area (Å²) in [6.07, 6.45) is 0.528. The lowest BCUT2D eigenvalue weighted by Gasteiger charge is -2.36. The molecule has 3 rings (SSSR count). The van der Waals surface area contributed by atoms with Crippen molar-refractivity contribution in [2.45, 2.75) is 13.3 Å². The number of amides is 1. The first-order valence-electron chi connectivity index (χ1n) is 8.70. The molecule has 132 valence electrons. The van der Waals surface area contributed by atoms with Gasteiger partial charge in [-0.05, 0) is 42.8 Å². The van der Waals surface area contributed by atoms with Crippen LogP contribution in [0, 0.1) is 6.92 Å². The van der Waals surface area contributed by atoms with Gasteiger partial charge in [-0.1, -0.05) is 34.1 Å². The lowest BCUT2D eigenvalue weighted by Crippen LogP contribution is -2.47. The second-order valence-corrected chi connectivity index (χ2v) is 7.28. The Balaban J connectivity index is 1.42. The highest BCUT2D eigenvalue weighted by molar-refractivity contribution is 9.10. The number of para-hydroxylation sites is 1. The maximum atomic E-state index is 12.2. The molecule has 0 aliphatic carbocycles. The minimum absolute atomic E-state index is 0.0761. The van der Waals surface area contributed by atoms with Crippen molar-refractivity contribution >= 4 is 33.2 Å². The van der Waals surface area contributed by atoms with Gasteiger partial charge in [0.25, 0.3) is 0 Å². The van der Waals surface area contributed by atoms with Crippen LogP contribution in [0.15, 0.2) is 53.0 Å². The Kier molecular flexibility index (Phi) is 6.10. The molecular formula is C20H24BrN3O. The molecule has 0 bridgehead atoms. The number of aryl methyl sites for hydroxylation is 1. The molecule has 1 fully saturated rings. The minimum Gasteiger partial charge on any atom is -0.369 e. The van der Waals surface area contributed by atoms with Crippen LogP contribution in [0.1, 0.15) is 12.0 Å². The number of rotatable bonds is 5. The third-order valence-electron chi connectivity index (χ3n) is 4.59. The minimum atomic E-state index is 0.0761. The number of nitrogens with zero attached hydrogens (tertiary/aromatic N) is 2. The van der Waals surface area contributed by atoms with Crippen molar-refractivity contribution in [1.29, 1.82) is 0 Å². The highest BCUT2D eigenvalue weighted by atomic mass is 79.9. The SMILES string of the molecule is Cc1cc(NC(=O)CCN2CCN(c3ccccc3)CC2)ccc1Br. The summed E-state index contributed by atoms with van der Waals surface area (Å²) in [6, 6.07) is 16.4. The predicted molar refractivity (Wildman–Crippen MR) is 107 cm³/mol. The monoisotopic (exact) mass is 401 g/mol. The van der Waals surface area contributed by atoms with Crippen molar-refractivity contribution in [3.8, 4) is 0 Å². The molecule has 0 unspecified atom stereocenters. The van der Waals surface area contributed by atoms with Crippen LogP contribution in [0.3, 0.4) is 0 Å². The zero-order valence-electron chi connectivity index (χ0n) is 14.5. The summed E-state index contributed by atoms with van der Waals surface area (Å²) < 4.78 is 1.06. The van der Waals surface area contributed by atoms with E-state index in [1.165, 1.54) is 5.69 Å². The van der Waals surface area contributed by atoms with Crippen LogP contribution in [-0.4, -0.2) is 43.5 Å². The average molecular weight is 402 g/mol. The summed E-state index contributed by atoms with van der Waals surface area (Å²) in [7, 11) is 0. The molecule has 25 heavy (non-hydrogen) atoms. The second-order valence-electron chi connectivity index (χ2n) is 6.43. The maximum absolute atomic E-state index is 12.2. The van der Waals surface area contributed by atoms with Crippen molar-refractivity contribution in [3.05, 3.63) is 58.6 Å². The predicted octanol–water partition coefficient (Wildman–Crippen LogP) is 3.91. The Morgan fingerprint density at radius 3 is 2.48 bits per heavy atom. The van der Waals surface area contributed by atoms with Crippen LogP contribution in [0.4, 0.5) is 11.4 Å². The van der Waals surface area contributed by atoms with Gasteiger partial charge in [0.05, 0.1) is 0 Å². The van der Waals surface area contributed by atoms with Crippen molar-refractivity contribution in [1.82, 2.24) is 4.90 Å². The summed E-state index contributed by atoms with van der Waals surface area (Å²) in [5.74, 6) is 0.0761. The van der Waals surface area contributed by atoms with Crippen molar-refractivity contribution in [2.24, 2.45) is 0 Å². The molecule has 5 heteroatoms. The molecule has 1 aliphatic heterocycles. The molecule has 4 nitrogen and oxygen atoms in total. The molecule has 0 radical (unpaired) electrons. The van der Waals surface area contributed by atoms with Gasteiger partial charge in [0, 0.05) is 55.0 Å². The molecule has 0 spiro atoms. The number of carbonyl (C=O) groups is 1. The van der Waals surface area contributed by atoms with E-state index in [0.29, 0.717) is 6.42 Å². The number of piperazine rings is 1. The van der Waals surface area contributed by atoms with E-state index >= 15 is 0 Å². The third kappa shape index (κ3) is 5.06. The van der Waals surface area contributed by atoms with Gasteiger partial charge in [-0.2, -0.15) is 0 Å². The standard InChI is InChI=1S/C20H24BrN3O/c1-16-15-17(7-8-19(16)21)22-20(25)9-10-23-11-13-24(14-12-23)18-5-3-2-4-6-18/h2-8,15H,9-14H2,1H3,(H,22,25). The van der Waals surface area contributed by atoms with Crippen LogP contribution < -0.4 is 10.2 Å². The molecule has 1 saturated heterocycles. The number of anilines is 2. The van der Waals surface area contributed by atoms with Crippen molar-refractivity contribution in [2.75, 3.05) is 42.9 Å². The van der Waals surface area contributed by atoms with E-state index in [-0.39, 0.29) is 5.91 Å². The van der Waals surface area contributed by atoms with Crippen LogP contribution in [-0.2, 0) is 4.79 Å². The fourth-order valence-electron chi connectivity index (χ4n) is 3.07. The van der Waals surface area contributed by atoms with Crippen molar-refractivity contribution < 1.29 is 4.79 Å². The summed E-state index contributed by atoms with van der Waals surface area (Å²) in [4.78, 5) is 16.9. The number of hydrogen-bond acceptors (Lipinski definition) is 3. The number of nitrogens with one attached hydrogen (secondary N) is 1. The molecular weight excluding hydrogens is 378 g/mol. The van der Waals surface area contributed by atoms with E-state index in [0.717, 1.165) is 48.4 Å². The van der Waals surface area contributed by atoms with Crippen LogP contribution >= 0.6 is 15.9 Å². The Labute approximate surface area is 158 Å². The number of hydrogen-bond donors (Lipinski definition) is 1.